The largest absolute Gasteiger partial charge is 0.393 e. The van der Waals surface area contributed by atoms with Crippen LogP contribution in [0.4, 0.5) is 0 Å². The van der Waals surface area contributed by atoms with Gasteiger partial charge in [-0.05, 0) is 38.0 Å². The number of aliphatic hydroxyl groups is 1. The molecule has 0 aromatic heterocycles. The predicted molar refractivity (Wildman–Crippen MR) is 57.3 cm³/mol. The summed E-state index contributed by atoms with van der Waals surface area (Å²) in [5.74, 6) is 1.32. The van der Waals surface area contributed by atoms with Gasteiger partial charge < -0.3 is 5.11 Å². The molecule has 5 atom stereocenters. The van der Waals surface area contributed by atoms with E-state index >= 15 is 0 Å². The summed E-state index contributed by atoms with van der Waals surface area (Å²) in [4.78, 5) is 0. The van der Waals surface area contributed by atoms with Gasteiger partial charge in [0.25, 0.3) is 0 Å². The number of fused-ring (bicyclic) bond motifs is 1. The SMILES string of the molecule is CC1C2CCCC(O)C2CCN1P. The highest BCUT2D eigenvalue weighted by atomic mass is 31.0. The third-order valence-electron chi connectivity index (χ3n) is 3.94. The Hall–Kier alpha value is 0.350. The van der Waals surface area contributed by atoms with Crippen LogP contribution in [0.3, 0.4) is 0 Å². The average Bonchev–Trinajstić information content (AvgIpc) is 2.12. The second-order valence-electron chi connectivity index (χ2n) is 4.59. The lowest BCUT2D eigenvalue weighted by atomic mass is 9.70. The molecule has 5 unspecified atom stereocenters. The van der Waals surface area contributed by atoms with E-state index in [-0.39, 0.29) is 6.10 Å². The van der Waals surface area contributed by atoms with E-state index in [4.69, 9.17) is 0 Å². The van der Waals surface area contributed by atoms with Crippen molar-refractivity contribution in [3.05, 3.63) is 0 Å². The van der Waals surface area contributed by atoms with Gasteiger partial charge in [0.1, 0.15) is 0 Å². The maximum atomic E-state index is 9.88. The number of nitrogens with zero attached hydrogens (tertiary/aromatic N) is 1. The van der Waals surface area contributed by atoms with Crippen molar-refractivity contribution in [3.63, 3.8) is 0 Å². The highest BCUT2D eigenvalue weighted by Gasteiger charge is 2.39. The molecule has 0 radical (unpaired) electrons. The fourth-order valence-corrected chi connectivity index (χ4v) is 3.40. The lowest BCUT2D eigenvalue weighted by Crippen LogP contribution is -2.48. The molecule has 1 heterocycles. The Labute approximate surface area is 83.0 Å². The van der Waals surface area contributed by atoms with Gasteiger partial charge in [-0.1, -0.05) is 15.8 Å². The molecule has 3 heteroatoms. The van der Waals surface area contributed by atoms with Crippen LogP contribution in [0.15, 0.2) is 0 Å². The fourth-order valence-electron chi connectivity index (χ4n) is 3.03. The molecule has 0 spiro atoms. The van der Waals surface area contributed by atoms with Gasteiger partial charge in [-0.3, -0.25) is 4.67 Å². The maximum absolute atomic E-state index is 9.88. The van der Waals surface area contributed by atoms with E-state index in [1.807, 2.05) is 0 Å². The maximum Gasteiger partial charge on any atom is 0.0572 e. The Morgan fingerprint density at radius 1 is 1.23 bits per heavy atom. The first-order valence-corrected chi connectivity index (χ1v) is 5.91. The van der Waals surface area contributed by atoms with E-state index in [0.29, 0.717) is 12.0 Å². The summed E-state index contributed by atoms with van der Waals surface area (Å²) in [6.45, 7) is 3.42. The van der Waals surface area contributed by atoms with E-state index in [0.717, 1.165) is 18.9 Å². The monoisotopic (exact) mass is 201 g/mol. The minimum absolute atomic E-state index is 0.0140. The molecule has 76 valence electrons. The van der Waals surface area contributed by atoms with Crippen molar-refractivity contribution in [2.45, 2.75) is 44.8 Å². The first-order valence-electron chi connectivity index (χ1n) is 5.39. The predicted octanol–water partition coefficient (Wildman–Crippen LogP) is 1.65. The van der Waals surface area contributed by atoms with E-state index in [2.05, 4.69) is 21.0 Å². The quantitative estimate of drug-likeness (QED) is 0.602. The lowest BCUT2D eigenvalue weighted by Gasteiger charge is -2.46. The molecule has 1 saturated heterocycles. The van der Waals surface area contributed by atoms with Crippen LogP contribution in [0.25, 0.3) is 0 Å². The zero-order chi connectivity index (χ0) is 9.42. The van der Waals surface area contributed by atoms with Crippen LogP contribution in [0.2, 0.25) is 0 Å². The zero-order valence-electron chi connectivity index (χ0n) is 8.32. The molecule has 0 aromatic rings. The van der Waals surface area contributed by atoms with Crippen LogP contribution in [0, 0.1) is 11.8 Å². The van der Waals surface area contributed by atoms with Gasteiger partial charge in [0.15, 0.2) is 0 Å². The molecule has 0 amide bonds. The highest BCUT2D eigenvalue weighted by Crippen LogP contribution is 2.40. The Balaban J connectivity index is 2.08. The van der Waals surface area contributed by atoms with Crippen molar-refractivity contribution in [3.8, 4) is 0 Å². The summed E-state index contributed by atoms with van der Waals surface area (Å²) in [7, 11) is 2.82. The minimum atomic E-state index is -0.0140. The number of rotatable bonds is 0. The lowest BCUT2D eigenvalue weighted by molar-refractivity contribution is -0.0177. The van der Waals surface area contributed by atoms with Gasteiger partial charge in [-0.25, -0.2) is 0 Å². The van der Waals surface area contributed by atoms with Crippen LogP contribution in [-0.4, -0.2) is 28.5 Å². The third kappa shape index (κ3) is 1.77. The summed E-state index contributed by atoms with van der Waals surface area (Å²) >= 11 is 0. The number of aliphatic hydroxyl groups excluding tert-OH is 1. The van der Waals surface area contributed by atoms with E-state index in [9.17, 15) is 5.11 Å². The smallest absolute Gasteiger partial charge is 0.0572 e. The van der Waals surface area contributed by atoms with Crippen molar-refractivity contribution in [1.29, 1.82) is 0 Å². The van der Waals surface area contributed by atoms with Gasteiger partial charge in [0.05, 0.1) is 6.10 Å². The first kappa shape index (κ1) is 9.89. The molecule has 2 fully saturated rings. The van der Waals surface area contributed by atoms with Crippen molar-refractivity contribution in [2.75, 3.05) is 6.54 Å². The summed E-state index contributed by atoms with van der Waals surface area (Å²) < 4.78 is 2.36. The van der Waals surface area contributed by atoms with Crippen molar-refractivity contribution >= 4 is 9.39 Å². The molecular weight excluding hydrogens is 181 g/mol. The van der Waals surface area contributed by atoms with Crippen LogP contribution >= 0.6 is 9.39 Å². The summed E-state index contributed by atoms with van der Waals surface area (Å²) in [6, 6.07) is 0.638. The molecule has 2 aliphatic rings. The van der Waals surface area contributed by atoms with E-state index in [1.54, 1.807) is 0 Å². The Kier molecular flexibility index (Phi) is 2.92. The van der Waals surface area contributed by atoms with Gasteiger partial charge in [0, 0.05) is 12.6 Å². The van der Waals surface area contributed by atoms with Crippen LogP contribution < -0.4 is 0 Å². The molecule has 13 heavy (non-hydrogen) atoms. The molecule has 2 nitrogen and oxygen atoms in total. The summed E-state index contributed by atoms with van der Waals surface area (Å²) in [6.07, 6.45) is 4.73. The molecule has 0 bridgehead atoms. The second-order valence-corrected chi connectivity index (χ2v) is 5.26. The Morgan fingerprint density at radius 3 is 2.77 bits per heavy atom. The van der Waals surface area contributed by atoms with Gasteiger partial charge in [-0.15, -0.1) is 0 Å². The molecule has 0 aromatic carbocycles. The van der Waals surface area contributed by atoms with Crippen LogP contribution in [-0.2, 0) is 0 Å². The number of hydrogen-bond acceptors (Lipinski definition) is 2. The molecular formula is C10H20NOP. The van der Waals surface area contributed by atoms with Gasteiger partial charge in [-0.2, -0.15) is 0 Å². The van der Waals surface area contributed by atoms with Crippen LogP contribution in [0.5, 0.6) is 0 Å². The first-order chi connectivity index (χ1) is 6.20. The third-order valence-corrected chi connectivity index (χ3v) is 4.67. The molecule has 1 N–H and O–H groups in total. The molecule has 2 rings (SSSR count). The molecule has 1 aliphatic heterocycles. The molecule has 1 aliphatic carbocycles. The van der Waals surface area contributed by atoms with Crippen LogP contribution in [0.1, 0.15) is 32.6 Å². The second kappa shape index (κ2) is 3.84. The fraction of sp³-hybridized carbons (Fsp3) is 1.00. The summed E-state index contributed by atoms with van der Waals surface area (Å²) in [5.41, 5.74) is 0. The average molecular weight is 201 g/mol. The number of hydrogen-bond donors (Lipinski definition) is 1. The molecule has 1 saturated carbocycles. The highest BCUT2D eigenvalue weighted by molar-refractivity contribution is 7.13. The van der Waals surface area contributed by atoms with Gasteiger partial charge >= 0.3 is 0 Å². The normalized spacial score (nSPS) is 47.3. The van der Waals surface area contributed by atoms with Gasteiger partial charge in [0.2, 0.25) is 0 Å². The van der Waals surface area contributed by atoms with Crippen molar-refractivity contribution in [2.24, 2.45) is 11.8 Å². The van der Waals surface area contributed by atoms with E-state index < -0.39 is 0 Å². The van der Waals surface area contributed by atoms with Crippen molar-refractivity contribution in [1.82, 2.24) is 4.67 Å². The Morgan fingerprint density at radius 2 is 2.00 bits per heavy atom. The topological polar surface area (TPSA) is 23.5 Å². The Bertz CT molecular complexity index is 188. The standard InChI is InChI=1S/C10H20NOP/c1-7-8-3-2-4-10(12)9(8)5-6-11(7)13/h7-10,12H,2-6,13H2,1H3. The zero-order valence-corrected chi connectivity index (χ0v) is 9.47. The number of piperidine rings is 1. The van der Waals surface area contributed by atoms with Crippen molar-refractivity contribution < 1.29 is 5.11 Å². The summed E-state index contributed by atoms with van der Waals surface area (Å²) in [5, 5.41) is 9.88. The van der Waals surface area contributed by atoms with E-state index in [1.165, 1.54) is 19.3 Å². The minimum Gasteiger partial charge on any atom is -0.393 e.